The second-order valence-electron chi connectivity index (χ2n) is 9.14. The minimum atomic E-state index is -0.324. The third kappa shape index (κ3) is 5.82. The molecule has 1 amide bonds. The molecule has 7 heteroatoms. The number of alkyl carbamates (subject to hydrolysis) is 1. The van der Waals surface area contributed by atoms with Crippen LogP contribution >= 0.6 is 11.3 Å². The standard InChI is InChI=1S/C27H30N2O3S.BrH/c30-27(28-26(25-12-7-19-33-25)22-8-3-1-4-9-22)32-24-20-29(15-13-21(24)14-16-29)17-18-31-23-10-5-2-6-11-23;/h1-12,19,21,24,26H,13-18,20H2;1H/t21?,24?,26-,29?;/m1./s1. The molecule has 180 valence electrons. The van der Waals surface area contributed by atoms with Gasteiger partial charge in [0, 0.05) is 23.6 Å². The number of benzene rings is 2. The fourth-order valence-electron chi connectivity index (χ4n) is 5.25. The number of halogens is 1. The van der Waals surface area contributed by atoms with Crippen LogP contribution in [-0.2, 0) is 4.74 Å². The summed E-state index contributed by atoms with van der Waals surface area (Å²) in [4.78, 5) is 14.1. The SMILES string of the molecule is O=C(N[C@H](c1ccccc1)c1cccs1)OC1C[N+]2(CCOc3ccccc3)CCC1CC2.[Br-]. The van der Waals surface area contributed by atoms with Gasteiger partial charge in [-0.2, -0.15) is 0 Å². The molecule has 6 rings (SSSR count). The Bertz CT molecular complexity index is 1020. The van der Waals surface area contributed by atoms with Gasteiger partial charge in [0.15, 0.2) is 6.10 Å². The molecule has 1 N–H and O–H groups in total. The fourth-order valence-corrected chi connectivity index (χ4v) is 6.05. The van der Waals surface area contributed by atoms with Gasteiger partial charge < -0.3 is 36.3 Å². The Labute approximate surface area is 216 Å². The van der Waals surface area contributed by atoms with Gasteiger partial charge in [0.05, 0.1) is 19.1 Å². The number of nitrogens with one attached hydrogen (secondary N) is 1. The number of thiophene rings is 1. The monoisotopic (exact) mass is 542 g/mol. The Morgan fingerprint density at radius 2 is 1.71 bits per heavy atom. The first-order valence-electron chi connectivity index (χ1n) is 11.8. The van der Waals surface area contributed by atoms with E-state index in [4.69, 9.17) is 9.47 Å². The van der Waals surface area contributed by atoms with Crippen molar-refractivity contribution in [2.24, 2.45) is 5.92 Å². The van der Waals surface area contributed by atoms with Crippen molar-refractivity contribution in [3.63, 3.8) is 0 Å². The van der Waals surface area contributed by atoms with E-state index >= 15 is 0 Å². The lowest BCUT2D eigenvalue weighted by atomic mass is 9.83. The van der Waals surface area contributed by atoms with Crippen molar-refractivity contribution in [3.05, 3.63) is 88.6 Å². The van der Waals surface area contributed by atoms with E-state index in [1.54, 1.807) is 11.3 Å². The number of piperidine rings is 3. The fraction of sp³-hybridized carbons (Fsp3) is 0.370. The molecule has 34 heavy (non-hydrogen) atoms. The third-order valence-electron chi connectivity index (χ3n) is 7.10. The molecule has 0 radical (unpaired) electrons. The van der Waals surface area contributed by atoms with Crippen LogP contribution in [0, 0.1) is 5.92 Å². The number of para-hydroxylation sites is 1. The van der Waals surface area contributed by atoms with Crippen molar-refractivity contribution in [2.75, 3.05) is 32.8 Å². The largest absolute Gasteiger partial charge is 1.00 e. The molecule has 2 atom stereocenters. The molecule has 3 aromatic rings. The van der Waals surface area contributed by atoms with E-state index in [0.29, 0.717) is 12.5 Å². The number of quaternary nitrogens is 1. The molecule has 3 saturated heterocycles. The summed E-state index contributed by atoms with van der Waals surface area (Å²) >= 11 is 1.65. The molecule has 0 spiro atoms. The maximum Gasteiger partial charge on any atom is 0.408 e. The molecule has 3 aliphatic rings. The van der Waals surface area contributed by atoms with E-state index in [1.165, 1.54) is 0 Å². The van der Waals surface area contributed by atoms with Crippen molar-refractivity contribution in [1.29, 1.82) is 0 Å². The van der Waals surface area contributed by atoms with E-state index in [2.05, 4.69) is 11.4 Å². The van der Waals surface area contributed by atoms with Crippen LogP contribution in [0.15, 0.2) is 78.2 Å². The lowest BCUT2D eigenvalue weighted by molar-refractivity contribution is -0.946. The summed E-state index contributed by atoms with van der Waals surface area (Å²) in [5.41, 5.74) is 1.06. The van der Waals surface area contributed by atoms with Crippen molar-refractivity contribution < 1.29 is 35.7 Å². The Hall–Kier alpha value is -2.35. The van der Waals surface area contributed by atoms with Gasteiger partial charge in [-0.3, -0.25) is 0 Å². The Balaban J connectivity index is 0.00000274. The van der Waals surface area contributed by atoms with Crippen LogP contribution < -0.4 is 27.0 Å². The summed E-state index contributed by atoms with van der Waals surface area (Å²) in [6.07, 6.45) is 1.85. The smallest absolute Gasteiger partial charge is 0.408 e. The third-order valence-corrected chi connectivity index (χ3v) is 8.04. The number of hydrogen-bond donors (Lipinski definition) is 1. The van der Waals surface area contributed by atoms with Gasteiger partial charge in [-0.25, -0.2) is 4.79 Å². The average molecular weight is 544 g/mol. The molecule has 2 aromatic carbocycles. The van der Waals surface area contributed by atoms with Crippen LogP contribution in [0.4, 0.5) is 4.79 Å². The molecule has 1 aromatic heterocycles. The Morgan fingerprint density at radius 3 is 2.38 bits per heavy atom. The molecule has 5 nitrogen and oxygen atoms in total. The summed E-state index contributed by atoms with van der Waals surface area (Å²) in [6.45, 7) is 4.80. The highest BCUT2D eigenvalue weighted by Gasteiger charge is 2.47. The number of hydrogen-bond acceptors (Lipinski definition) is 4. The van der Waals surface area contributed by atoms with Crippen molar-refractivity contribution in [2.45, 2.75) is 25.0 Å². The normalized spacial score (nSPS) is 24.0. The van der Waals surface area contributed by atoms with Crippen molar-refractivity contribution in [3.8, 4) is 5.75 Å². The van der Waals surface area contributed by atoms with Gasteiger partial charge in [-0.15, -0.1) is 11.3 Å². The predicted molar refractivity (Wildman–Crippen MR) is 130 cm³/mol. The van der Waals surface area contributed by atoms with Gasteiger partial charge in [0.25, 0.3) is 0 Å². The number of fused-ring (bicyclic) bond motifs is 3. The molecular formula is C27H31BrN2O3S. The van der Waals surface area contributed by atoms with E-state index < -0.39 is 0 Å². The topological polar surface area (TPSA) is 47.6 Å². The number of amides is 1. The highest BCUT2D eigenvalue weighted by atomic mass is 79.9. The van der Waals surface area contributed by atoms with E-state index in [9.17, 15) is 4.79 Å². The molecule has 0 aliphatic carbocycles. The molecule has 3 aliphatic heterocycles. The van der Waals surface area contributed by atoms with Gasteiger partial charge >= 0.3 is 6.09 Å². The second kappa shape index (κ2) is 11.4. The van der Waals surface area contributed by atoms with Crippen molar-refractivity contribution in [1.82, 2.24) is 5.32 Å². The maximum absolute atomic E-state index is 13.0. The Kier molecular flexibility index (Phi) is 8.29. The average Bonchev–Trinajstić information content (AvgIpc) is 3.39. The molecule has 2 bridgehead atoms. The summed E-state index contributed by atoms with van der Waals surface area (Å²) in [5, 5.41) is 5.18. The lowest BCUT2D eigenvalue weighted by Gasteiger charge is -2.51. The highest BCUT2D eigenvalue weighted by molar-refractivity contribution is 7.10. The number of nitrogens with zero attached hydrogens (tertiary/aromatic N) is 1. The number of rotatable bonds is 8. The lowest BCUT2D eigenvalue weighted by Crippen LogP contribution is -3.00. The first-order valence-corrected chi connectivity index (χ1v) is 12.7. The molecule has 4 heterocycles. The van der Waals surface area contributed by atoms with E-state index in [0.717, 1.165) is 59.7 Å². The number of carbonyl (C=O) groups excluding carboxylic acids is 1. The van der Waals surface area contributed by atoms with Crippen LogP contribution in [-0.4, -0.2) is 49.5 Å². The Morgan fingerprint density at radius 1 is 1.00 bits per heavy atom. The summed E-state index contributed by atoms with van der Waals surface area (Å²) in [5.74, 6) is 1.37. The molecular weight excluding hydrogens is 512 g/mol. The first kappa shape index (κ1) is 24.8. The zero-order valence-electron chi connectivity index (χ0n) is 19.1. The van der Waals surface area contributed by atoms with E-state index in [-0.39, 0.29) is 35.2 Å². The van der Waals surface area contributed by atoms with Crippen molar-refractivity contribution >= 4 is 17.4 Å². The number of ether oxygens (including phenoxy) is 2. The van der Waals surface area contributed by atoms with Crippen LogP contribution in [0.25, 0.3) is 0 Å². The molecule has 1 unspecified atom stereocenters. The molecule has 0 saturated carbocycles. The maximum atomic E-state index is 13.0. The highest BCUT2D eigenvalue weighted by Crippen LogP contribution is 2.36. The quantitative estimate of drug-likeness (QED) is 0.444. The van der Waals surface area contributed by atoms with Crippen LogP contribution in [0.1, 0.15) is 29.3 Å². The molecule has 3 fully saturated rings. The van der Waals surface area contributed by atoms with Gasteiger partial charge in [0.1, 0.15) is 25.4 Å². The zero-order chi connectivity index (χ0) is 22.5. The summed E-state index contributed by atoms with van der Waals surface area (Å²) < 4.78 is 13.0. The minimum absolute atomic E-state index is 0. The van der Waals surface area contributed by atoms with Gasteiger partial charge in [-0.05, 0) is 29.1 Å². The van der Waals surface area contributed by atoms with Gasteiger partial charge in [0.2, 0.25) is 0 Å². The van der Waals surface area contributed by atoms with Crippen LogP contribution in [0.5, 0.6) is 5.75 Å². The van der Waals surface area contributed by atoms with E-state index in [1.807, 2.05) is 72.1 Å². The predicted octanol–water partition coefficient (Wildman–Crippen LogP) is 2.26. The first-order chi connectivity index (χ1) is 16.2. The van der Waals surface area contributed by atoms with Crippen LogP contribution in [0.2, 0.25) is 0 Å². The minimum Gasteiger partial charge on any atom is -1.00 e. The van der Waals surface area contributed by atoms with Gasteiger partial charge in [-0.1, -0.05) is 54.6 Å². The second-order valence-corrected chi connectivity index (χ2v) is 10.1. The number of carbonyl (C=O) groups is 1. The zero-order valence-corrected chi connectivity index (χ0v) is 21.5. The summed E-state index contributed by atoms with van der Waals surface area (Å²) in [6, 6.07) is 24.0. The summed E-state index contributed by atoms with van der Waals surface area (Å²) in [7, 11) is 0. The van der Waals surface area contributed by atoms with Crippen LogP contribution in [0.3, 0.4) is 0 Å².